The van der Waals surface area contributed by atoms with Crippen molar-refractivity contribution in [1.29, 1.82) is 0 Å². The van der Waals surface area contributed by atoms with Crippen molar-refractivity contribution in [3.8, 4) is 0 Å². The van der Waals surface area contributed by atoms with Crippen LogP contribution in [-0.4, -0.2) is 29.8 Å². The maximum Gasteiger partial charge on any atom is 0.147 e. The van der Waals surface area contributed by atoms with Gasteiger partial charge < -0.3 is 4.90 Å². The van der Waals surface area contributed by atoms with E-state index in [1.165, 1.54) is 19.3 Å². The molecule has 1 heterocycles. The lowest BCUT2D eigenvalue weighted by Gasteiger charge is -2.40. The zero-order chi connectivity index (χ0) is 18.4. The van der Waals surface area contributed by atoms with E-state index in [2.05, 4.69) is 60.4 Å². The lowest BCUT2D eigenvalue weighted by molar-refractivity contribution is -0.123. The minimum Gasteiger partial charge on any atom is -0.301 e. The standard InChI is InChI=1S/C24H31NO/c1-3-23(26)24(21-13-7-4-8-14-21,22-15-9-5-10-16-22)19-20(2)25-17-11-6-12-18-25/h4-5,7-10,13-16,20H,3,6,11-12,17-19H2,1-2H3/t20-/m1/s1. The fourth-order valence-corrected chi connectivity index (χ4v) is 4.52. The topological polar surface area (TPSA) is 20.3 Å². The Morgan fingerprint density at radius 1 is 0.923 bits per heavy atom. The molecule has 2 nitrogen and oxygen atoms in total. The van der Waals surface area contributed by atoms with E-state index in [4.69, 9.17) is 0 Å². The van der Waals surface area contributed by atoms with Crippen LogP contribution in [0.3, 0.4) is 0 Å². The fourth-order valence-electron chi connectivity index (χ4n) is 4.52. The Hall–Kier alpha value is -1.93. The number of piperidine rings is 1. The van der Waals surface area contributed by atoms with E-state index >= 15 is 0 Å². The molecule has 0 unspecified atom stereocenters. The van der Waals surface area contributed by atoms with Gasteiger partial charge in [-0.3, -0.25) is 4.79 Å². The zero-order valence-electron chi connectivity index (χ0n) is 16.2. The second-order valence-electron chi connectivity index (χ2n) is 7.56. The van der Waals surface area contributed by atoms with Gasteiger partial charge in [-0.15, -0.1) is 0 Å². The van der Waals surface area contributed by atoms with Gasteiger partial charge in [-0.1, -0.05) is 74.0 Å². The molecule has 0 bridgehead atoms. The number of rotatable bonds is 7. The summed E-state index contributed by atoms with van der Waals surface area (Å²) in [5, 5.41) is 0. The summed E-state index contributed by atoms with van der Waals surface area (Å²) in [5.41, 5.74) is 1.69. The molecule has 138 valence electrons. The van der Waals surface area contributed by atoms with Crippen LogP contribution >= 0.6 is 0 Å². The molecule has 2 heteroatoms. The Morgan fingerprint density at radius 2 is 1.42 bits per heavy atom. The molecule has 1 saturated heterocycles. The van der Waals surface area contributed by atoms with E-state index in [0.717, 1.165) is 30.6 Å². The molecule has 1 aliphatic rings. The van der Waals surface area contributed by atoms with E-state index in [-0.39, 0.29) is 0 Å². The SMILES string of the molecule is CCC(=O)C(C[C@@H](C)N1CCCCC1)(c1ccccc1)c1ccccc1. The van der Waals surface area contributed by atoms with Crippen LogP contribution < -0.4 is 0 Å². The van der Waals surface area contributed by atoms with E-state index in [1.807, 2.05) is 19.1 Å². The summed E-state index contributed by atoms with van der Waals surface area (Å²) in [7, 11) is 0. The molecule has 0 amide bonds. The van der Waals surface area contributed by atoms with Crippen LogP contribution in [-0.2, 0) is 10.2 Å². The molecule has 2 aromatic rings. The van der Waals surface area contributed by atoms with E-state index in [1.54, 1.807) is 0 Å². The van der Waals surface area contributed by atoms with Crippen molar-refractivity contribution in [2.45, 2.75) is 57.4 Å². The maximum atomic E-state index is 13.4. The second-order valence-corrected chi connectivity index (χ2v) is 7.56. The molecule has 26 heavy (non-hydrogen) atoms. The number of nitrogens with zero attached hydrogens (tertiary/aromatic N) is 1. The number of carbonyl (C=O) groups excluding carboxylic acids is 1. The number of carbonyl (C=O) groups is 1. The second kappa shape index (κ2) is 8.64. The quantitative estimate of drug-likeness (QED) is 0.683. The Balaban J connectivity index is 2.06. The van der Waals surface area contributed by atoms with Crippen LogP contribution in [0.15, 0.2) is 60.7 Å². The summed E-state index contributed by atoms with van der Waals surface area (Å²) in [6.45, 7) is 6.60. The molecule has 2 aromatic carbocycles. The van der Waals surface area contributed by atoms with Gasteiger partial charge in [0.15, 0.2) is 0 Å². The third-order valence-electron chi connectivity index (χ3n) is 5.95. The maximum absolute atomic E-state index is 13.4. The van der Waals surface area contributed by atoms with Gasteiger partial charge in [-0.25, -0.2) is 0 Å². The third kappa shape index (κ3) is 3.76. The highest BCUT2D eigenvalue weighted by atomic mass is 16.1. The number of hydrogen-bond donors (Lipinski definition) is 0. The van der Waals surface area contributed by atoms with Crippen molar-refractivity contribution in [3.63, 3.8) is 0 Å². The molecule has 0 spiro atoms. The third-order valence-corrected chi connectivity index (χ3v) is 5.95. The van der Waals surface area contributed by atoms with Crippen molar-refractivity contribution < 1.29 is 4.79 Å². The summed E-state index contributed by atoms with van der Waals surface area (Å²) in [4.78, 5) is 16.0. The molecule has 0 radical (unpaired) electrons. The Kier molecular flexibility index (Phi) is 6.26. The van der Waals surface area contributed by atoms with Crippen molar-refractivity contribution >= 4 is 5.78 Å². The highest BCUT2D eigenvalue weighted by molar-refractivity contribution is 5.93. The summed E-state index contributed by atoms with van der Waals surface area (Å²) in [5.74, 6) is 0.318. The van der Waals surface area contributed by atoms with Crippen molar-refractivity contribution in [1.82, 2.24) is 4.90 Å². The first kappa shape index (κ1) is 18.8. The average molecular weight is 350 g/mol. The smallest absolute Gasteiger partial charge is 0.147 e. The molecular formula is C24H31NO. The van der Waals surface area contributed by atoms with Gasteiger partial charge in [0.25, 0.3) is 0 Å². The highest BCUT2D eigenvalue weighted by Gasteiger charge is 2.42. The van der Waals surface area contributed by atoms with E-state index < -0.39 is 5.41 Å². The molecular weight excluding hydrogens is 318 g/mol. The molecule has 1 aliphatic heterocycles. The minimum absolute atomic E-state index is 0.318. The first-order valence-corrected chi connectivity index (χ1v) is 10.1. The van der Waals surface area contributed by atoms with Crippen LogP contribution in [0.4, 0.5) is 0 Å². The van der Waals surface area contributed by atoms with Crippen LogP contribution in [0.1, 0.15) is 57.1 Å². The van der Waals surface area contributed by atoms with Gasteiger partial charge in [-0.2, -0.15) is 0 Å². The summed E-state index contributed by atoms with van der Waals surface area (Å²) < 4.78 is 0. The Bertz CT molecular complexity index is 649. The van der Waals surface area contributed by atoms with Gasteiger partial charge >= 0.3 is 0 Å². The zero-order valence-corrected chi connectivity index (χ0v) is 16.2. The van der Waals surface area contributed by atoms with Crippen LogP contribution in [0.5, 0.6) is 0 Å². The molecule has 0 N–H and O–H groups in total. The monoisotopic (exact) mass is 349 g/mol. The van der Waals surface area contributed by atoms with Gasteiger partial charge in [0.1, 0.15) is 5.78 Å². The normalized spacial score (nSPS) is 17.0. The van der Waals surface area contributed by atoms with Crippen molar-refractivity contribution in [3.05, 3.63) is 71.8 Å². The minimum atomic E-state index is -0.561. The molecule has 1 fully saturated rings. The molecule has 3 rings (SSSR count). The lowest BCUT2D eigenvalue weighted by atomic mass is 9.66. The highest BCUT2D eigenvalue weighted by Crippen LogP contribution is 2.40. The van der Waals surface area contributed by atoms with Crippen LogP contribution in [0.25, 0.3) is 0 Å². The number of ketones is 1. The van der Waals surface area contributed by atoms with Crippen LogP contribution in [0.2, 0.25) is 0 Å². The molecule has 1 atom stereocenters. The van der Waals surface area contributed by atoms with Crippen LogP contribution in [0, 0.1) is 0 Å². The number of Topliss-reactive ketones (excluding diaryl/α,β-unsaturated/α-hetero) is 1. The van der Waals surface area contributed by atoms with Crippen molar-refractivity contribution in [2.75, 3.05) is 13.1 Å². The largest absolute Gasteiger partial charge is 0.301 e. The summed E-state index contributed by atoms with van der Waals surface area (Å²) in [6, 6.07) is 21.2. The van der Waals surface area contributed by atoms with E-state index in [0.29, 0.717) is 18.2 Å². The molecule has 0 aliphatic carbocycles. The molecule has 0 aromatic heterocycles. The van der Waals surface area contributed by atoms with Crippen molar-refractivity contribution in [2.24, 2.45) is 0 Å². The Labute approximate surface area is 158 Å². The van der Waals surface area contributed by atoms with Gasteiger partial charge in [0.05, 0.1) is 5.41 Å². The van der Waals surface area contributed by atoms with Gasteiger partial charge in [-0.05, 0) is 50.4 Å². The summed E-state index contributed by atoms with van der Waals surface area (Å²) in [6.07, 6.45) is 5.27. The number of hydrogen-bond acceptors (Lipinski definition) is 2. The van der Waals surface area contributed by atoms with Gasteiger partial charge in [0, 0.05) is 12.5 Å². The lowest BCUT2D eigenvalue weighted by Crippen LogP contribution is -2.46. The van der Waals surface area contributed by atoms with Gasteiger partial charge in [0.2, 0.25) is 0 Å². The first-order valence-electron chi connectivity index (χ1n) is 10.1. The fraction of sp³-hybridized carbons (Fsp3) is 0.458. The number of benzene rings is 2. The predicted octanol–water partition coefficient (Wildman–Crippen LogP) is 5.22. The molecule has 0 saturated carbocycles. The number of likely N-dealkylation sites (tertiary alicyclic amines) is 1. The predicted molar refractivity (Wildman–Crippen MR) is 108 cm³/mol. The Morgan fingerprint density at radius 3 is 1.88 bits per heavy atom. The van der Waals surface area contributed by atoms with E-state index in [9.17, 15) is 4.79 Å². The average Bonchev–Trinajstić information content (AvgIpc) is 2.73. The summed E-state index contributed by atoms with van der Waals surface area (Å²) >= 11 is 0. The first-order chi connectivity index (χ1) is 12.7.